The standard InChI is InChI=1S/C21H16F3NO6S/c1-32(28,29)16-7-5-15(6-8-16)25-19(26)12-30-20(27)18-10-9-17(31-18)13-3-2-4-14(11-13)21(22,23)24/h2-11H,12H2,1H3,(H,25,26). The molecule has 1 N–H and O–H groups in total. The summed E-state index contributed by atoms with van der Waals surface area (Å²) in [5.74, 6) is -1.93. The lowest BCUT2D eigenvalue weighted by atomic mass is 10.1. The summed E-state index contributed by atoms with van der Waals surface area (Å²) >= 11 is 0. The molecule has 0 unspecified atom stereocenters. The van der Waals surface area contributed by atoms with Crippen molar-refractivity contribution in [1.29, 1.82) is 0 Å². The van der Waals surface area contributed by atoms with Crippen LogP contribution in [0.2, 0.25) is 0 Å². The van der Waals surface area contributed by atoms with E-state index in [2.05, 4.69) is 5.32 Å². The van der Waals surface area contributed by atoms with Crippen molar-refractivity contribution in [2.24, 2.45) is 0 Å². The number of furan rings is 1. The highest BCUT2D eigenvalue weighted by Gasteiger charge is 2.30. The Bertz CT molecular complexity index is 1250. The van der Waals surface area contributed by atoms with Gasteiger partial charge in [0.15, 0.2) is 16.4 Å². The molecule has 0 atom stereocenters. The molecule has 3 rings (SSSR count). The van der Waals surface area contributed by atoms with Gasteiger partial charge in [0, 0.05) is 17.5 Å². The van der Waals surface area contributed by atoms with Crippen molar-refractivity contribution in [2.75, 3.05) is 18.2 Å². The fraction of sp³-hybridized carbons (Fsp3) is 0.143. The molecular weight excluding hydrogens is 451 g/mol. The molecule has 1 aromatic heterocycles. The molecule has 11 heteroatoms. The van der Waals surface area contributed by atoms with Crippen molar-refractivity contribution in [1.82, 2.24) is 0 Å². The number of nitrogens with one attached hydrogen (secondary N) is 1. The number of sulfone groups is 1. The lowest BCUT2D eigenvalue weighted by Crippen LogP contribution is -2.20. The Morgan fingerprint density at radius 2 is 1.72 bits per heavy atom. The van der Waals surface area contributed by atoms with Gasteiger partial charge in [-0.15, -0.1) is 0 Å². The molecule has 0 saturated carbocycles. The molecule has 0 saturated heterocycles. The van der Waals surface area contributed by atoms with E-state index in [0.29, 0.717) is 5.69 Å². The van der Waals surface area contributed by atoms with E-state index in [4.69, 9.17) is 9.15 Å². The number of hydrogen-bond acceptors (Lipinski definition) is 6. The van der Waals surface area contributed by atoms with Crippen LogP contribution in [0.4, 0.5) is 18.9 Å². The van der Waals surface area contributed by atoms with Gasteiger partial charge in [-0.3, -0.25) is 4.79 Å². The Hall–Kier alpha value is -3.60. The largest absolute Gasteiger partial charge is 0.450 e. The molecule has 0 aliphatic heterocycles. The Morgan fingerprint density at radius 1 is 1.03 bits per heavy atom. The summed E-state index contributed by atoms with van der Waals surface area (Å²) in [6.45, 7) is -0.660. The summed E-state index contributed by atoms with van der Waals surface area (Å²) in [6.07, 6.45) is -3.48. The van der Waals surface area contributed by atoms with Crippen LogP contribution in [0.3, 0.4) is 0 Å². The van der Waals surface area contributed by atoms with Gasteiger partial charge in [-0.25, -0.2) is 13.2 Å². The van der Waals surface area contributed by atoms with E-state index < -0.39 is 40.1 Å². The molecule has 0 aliphatic rings. The molecular formula is C21H16F3NO6S. The van der Waals surface area contributed by atoms with Crippen LogP contribution in [0.25, 0.3) is 11.3 Å². The molecule has 0 aliphatic carbocycles. The van der Waals surface area contributed by atoms with E-state index >= 15 is 0 Å². The molecule has 0 bridgehead atoms. The van der Waals surface area contributed by atoms with E-state index in [1.807, 2.05) is 0 Å². The number of amides is 1. The van der Waals surface area contributed by atoms with Gasteiger partial charge in [0.2, 0.25) is 5.76 Å². The Kier molecular flexibility index (Phi) is 6.40. The van der Waals surface area contributed by atoms with Crippen molar-refractivity contribution >= 4 is 27.4 Å². The van der Waals surface area contributed by atoms with Crippen LogP contribution in [0.5, 0.6) is 0 Å². The molecule has 0 radical (unpaired) electrons. The van der Waals surface area contributed by atoms with Gasteiger partial charge in [-0.2, -0.15) is 13.2 Å². The van der Waals surface area contributed by atoms with Crippen LogP contribution in [0, 0.1) is 0 Å². The van der Waals surface area contributed by atoms with Crippen LogP contribution >= 0.6 is 0 Å². The number of hydrogen-bond donors (Lipinski definition) is 1. The van der Waals surface area contributed by atoms with Gasteiger partial charge < -0.3 is 14.5 Å². The van der Waals surface area contributed by atoms with Crippen molar-refractivity contribution in [3.8, 4) is 11.3 Å². The first-order valence-electron chi connectivity index (χ1n) is 8.98. The fourth-order valence-corrected chi connectivity index (χ4v) is 3.27. The lowest BCUT2D eigenvalue weighted by Gasteiger charge is -2.07. The summed E-state index contributed by atoms with van der Waals surface area (Å²) in [5.41, 5.74) is -0.450. The maximum absolute atomic E-state index is 12.9. The highest BCUT2D eigenvalue weighted by atomic mass is 32.2. The first kappa shape index (κ1) is 23.1. The average Bonchev–Trinajstić information content (AvgIpc) is 3.22. The van der Waals surface area contributed by atoms with Crippen LogP contribution < -0.4 is 5.32 Å². The Morgan fingerprint density at radius 3 is 2.34 bits per heavy atom. The molecule has 1 heterocycles. The zero-order chi connectivity index (χ0) is 23.5. The van der Waals surface area contributed by atoms with Gasteiger partial charge >= 0.3 is 12.1 Å². The third-order valence-corrected chi connectivity index (χ3v) is 5.31. The third-order valence-electron chi connectivity index (χ3n) is 4.18. The summed E-state index contributed by atoms with van der Waals surface area (Å²) in [6, 6.07) is 12.3. The minimum Gasteiger partial charge on any atom is -0.450 e. The zero-order valence-electron chi connectivity index (χ0n) is 16.5. The molecule has 3 aromatic rings. The highest BCUT2D eigenvalue weighted by molar-refractivity contribution is 7.90. The molecule has 0 spiro atoms. The summed E-state index contributed by atoms with van der Waals surface area (Å²) in [4.78, 5) is 24.1. The second-order valence-corrected chi connectivity index (χ2v) is 8.68. The van der Waals surface area contributed by atoms with Crippen molar-refractivity contribution in [2.45, 2.75) is 11.1 Å². The number of ether oxygens (including phenoxy) is 1. The van der Waals surface area contributed by atoms with E-state index in [9.17, 15) is 31.2 Å². The fourth-order valence-electron chi connectivity index (χ4n) is 2.64. The number of alkyl halides is 3. The molecule has 2 aromatic carbocycles. The van der Waals surface area contributed by atoms with Crippen LogP contribution in [0.15, 0.2) is 70.0 Å². The van der Waals surface area contributed by atoms with Gasteiger partial charge in [-0.1, -0.05) is 12.1 Å². The monoisotopic (exact) mass is 467 g/mol. The maximum Gasteiger partial charge on any atom is 0.416 e. The van der Waals surface area contributed by atoms with E-state index in [1.54, 1.807) is 0 Å². The quantitative estimate of drug-likeness (QED) is 0.546. The molecule has 168 valence electrons. The first-order valence-corrected chi connectivity index (χ1v) is 10.9. The topological polar surface area (TPSA) is 103 Å². The molecule has 7 nitrogen and oxygen atoms in total. The van der Waals surface area contributed by atoms with Gasteiger partial charge in [-0.05, 0) is 48.5 Å². The van der Waals surface area contributed by atoms with Gasteiger partial charge in [0.25, 0.3) is 5.91 Å². The van der Waals surface area contributed by atoms with Crippen molar-refractivity contribution in [3.63, 3.8) is 0 Å². The Balaban J connectivity index is 1.59. The van der Waals surface area contributed by atoms with E-state index in [0.717, 1.165) is 18.4 Å². The summed E-state index contributed by atoms with van der Waals surface area (Å²) < 4.78 is 71.5. The zero-order valence-corrected chi connectivity index (χ0v) is 17.3. The first-order chi connectivity index (χ1) is 14.9. The number of rotatable bonds is 6. The number of anilines is 1. The third kappa shape index (κ3) is 5.76. The van der Waals surface area contributed by atoms with E-state index in [-0.39, 0.29) is 22.0 Å². The van der Waals surface area contributed by atoms with Gasteiger partial charge in [0.05, 0.1) is 10.5 Å². The second kappa shape index (κ2) is 8.87. The minimum atomic E-state index is -4.52. The van der Waals surface area contributed by atoms with Gasteiger partial charge in [0.1, 0.15) is 5.76 Å². The number of benzene rings is 2. The summed E-state index contributed by atoms with van der Waals surface area (Å²) in [5, 5.41) is 2.43. The van der Waals surface area contributed by atoms with Crippen LogP contribution in [-0.4, -0.2) is 33.2 Å². The smallest absolute Gasteiger partial charge is 0.416 e. The summed E-state index contributed by atoms with van der Waals surface area (Å²) in [7, 11) is -3.38. The predicted molar refractivity (Wildman–Crippen MR) is 108 cm³/mol. The number of carbonyl (C=O) groups is 2. The molecule has 0 fully saturated rings. The SMILES string of the molecule is CS(=O)(=O)c1ccc(NC(=O)COC(=O)c2ccc(-c3cccc(C(F)(F)F)c3)o2)cc1. The molecule has 1 amide bonds. The highest BCUT2D eigenvalue weighted by Crippen LogP contribution is 2.32. The van der Waals surface area contributed by atoms with Crippen LogP contribution in [0.1, 0.15) is 16.1 Å². The number of esters is 1. The predicted octanol–water partition coefficient (Wildman–Crippen LogP) is 4.16. The lowest BCUT2D eigenvalue weighted by molar-refractivity contribution is -0.137. The Labute approximate surface area is 180 Å². The van der Waals surface area contributed by atoms with Crippen LogP contribution in [-0.2, 0) is 25.5 Å². The maximum atomic E-state index is 12.9. The minimum absolute atomic E-state index is 0.0264. The number of halogens is 3. The van der Waals surface area contributed by atoms with Crippen molar-refractivity contribution in [3.05, 3.63) is 72.0 Å². The average molecular weight is 467 g/mol. The van der Waals surface area contributed by atoms with E-state index in [1.165, 1.54) is 48.5 Å². The number of carbonyl (C=O) groups excluding carboxylic acids is 2. The molecule has 32 heavy (non-hydrogen) atoms. The normalized spacial score (nSPS) is 11.8. The van der Waals surface area contributed by atoms with Crippen molar-refractivity contribution < 1.29 is 40.3 Å². The second-order valence-electron chi connectivity index (χ2n) is 6.66.